The van der Waals surface area contributed by atoms with Crippen LogP contribution in [0.4, 0.5) is 0 Å². The molecule has 0 aromatic carbocycles. The Morgan fingerprint density at radius 2 is 2.00 bits per heavy atom. The molecule has 0 radical (unpaired) electrons. The second-order valence-corrected chi connectivity index (χ2v) is 1.92. The fourth-order valence-electron chi connectivity index (χ4n) is 0.700. The molecule has 1 aliphatic heterocycles. The van der Waals surface area contributed by atoms with Crippen molar-refractivity contribution in [2.75, 3.05) is 14.1 Å². The van der Waals surface area contributed by atoms with Crippen molar-refractivity contribution in [2.45, 2.75) is 0 Å². The summed E-state index contributed by atoms with van der Waals surface area (Å²) in [6.07, 6.45) is 5.65. The van der Waals surface area contributed by atoms with E-state index in [1.807, 2.05) is 41.6 Å². The van der Waals surface area contributed by atoms with Crippen molar-refractivity contribution in [1.82, 2.24) is 15.1 Å². The Kier molecular flexibility index (Phi) is 1.44. The summed E-state index contributed by atoms with van der Waals surface area (Å²) in [7, 11) is 3.93. The fourth-order valence-corrected chi connectivity index (χ4v) is 0.700. The van der Waals surface area contributed by atoms with Crippen LogP contribution in [0.5, 0.6) is 0 Å². The van der Waals surface area contributed by atoms with Crippen molar-refractivity contribution in [2.24, 2.45) is 0 Å². The SMILES string of the molecule is C=CN1C=CN(C)N1C. The highest BCUT2D eigenvalue weighted by molar-refractivity contribution is 4.89. The number of hydrogen-bond donors (Lipinski definition) is 0. The van der Waals surface area contributed by atoms with Crippen LogP contribution in [-0.4, -0.2) is 29.2 Å². The molecule has 0 unspecified atom stereocenters. The van der Waals surface area contributed by atoms with Crippen molar-refractivity contribution >= 4 is 0 Å². The number of nitrogens with zero attached hydrogens (tertiary/aromatic N) is 3. The molecule has 50 valence electrons. The molecule has 0 N–H and O–H groups in total. The molecule has 0 fully saturated rings. The number of rotatable bonds is 1. The van der Waals surface area contributed by atoms with Gasteiger partial charge in [0.1, 0.15) is 0 Å². The Hall–Kier alpha value is -0.960. The van der Waals surface area contributed by atoms with E-state index in [1.165, 1.54) is 0 Å². The summed E-state index contributed by atoms with van der Waals surface area (Å²) in [6, 6.07) is 0. The zero-order chi connectivity index (χ0) is 6.85. The standard InChI is InChI=1S/C6H11N3/c1-4-9-6-5-7(2)8(9)3/h4-6H,1H2,2-3H3. The third-order valence-electron chi connectivity index (χ3n) is 1.41. The minimum Gasteiger partial charge on any atom is -0.297 e. The molecule has 0 spiro atoms. The maximum Gasteiger partial charge on any atom is 0.0403 e. The molecule has 0 aliphatic carbocycles. The lowest BCUT2D eigenvalue weighted by Crippen LogP contribution is -2.35. The van der Waals surface area contributed by atoms with Crippen LogP contribution in [0, 0.1) is 0 Å². The van der Waals surface area contributed by atoms with Crippen molar-refractivity contribution in [1.29, 1.82) is 0 Å². The molecule has 1 aliphatic rings. The van der Waals surface area contributed by atoms with Gasteiger partial charge in [-0.1, -0.05) is 6.58 Å². The first-order valence-corrected chi connectivity index (χ1v) is 2.81. The summed E-state index contributed by atoms with van der Waals surface area (Å²) in [4.78, 5) is 0. The molecular weight excluding hydrogens is 114 g/mol. The smallest absolute Gasteiger partial charge is 0.0403 e. The second kappa shape index (κ2) is 2.11. The second-order valence-electron chi connectivity index (χ2n) is 1.92. The molecule has 3 nitrogen and oxygen atoms in total. The Morgan fingerprint density at radius 1 is 1.33 bits per heavy atom. The summed E-state index contributed by atoms with van der Waals surface area (Å²) >= 11 is 0. The van der Waals surface area contributed by atoms with Gasteiger partial charge in [0.15, 0.2) is 0 Å². The first-order chi connectivity index (χ1) is 4.25. The lowest BCUT2D eigenvalue weighted by atomic mass is 10.8. The van der Waals surface area contributed by atoms with E-state index in [1.54, 1.807) is 6.20 Å². The summed E-state index contributed by atoms with van der Waals surface area (Å²) in [5, 5.41) is 5.79. The molecule has 1 rings (SSSR count). The van der Waals surface area contributed by atoms with E-state index in [0.717, 1.165) is 0 Å². The van der Waals surface area contributed by atoms with Crippen LogP contribution >= 0.6 is 0 Å². The van der Waals surface area contributed by atoms with E-state index in [0.29, 0.717) is 0 Å². The Morgan fingerprint density at radius 3 is 2.22 bits per heavy atom. The van der Waals surface area contributed by atoms with Gasteiger partial charge in [0, 0.05) is 32.7 Å². The average molecular weight is 125 g/mol. The Balaban J connectivity index is 2.61. The van der Waals surface area contributed by atoms with E-state index >= 15 is 0 Å². The zero-order valence-corrected chi connectivity index (χ0v) is 5.78. The van der Waals surface area contributed by atoms with Gasteiger partial charge in [0.25, 0.3) is 0 Å². The van der Waals surface area contributed by atoms with Crippen LogP contribution in [0.1, 0.15) is 0 Å². The Bertz CT molecular complexity index is 141. The van der Waals surface area contributed by atoms with Gasteiger partial charge in [-0.2, -0.15) is 0 Å². The third kappa shape index (κ3) is 0.907. The highest BCUT2D eigenvalue weighted by Crippen LogP contribution is 2.07. The summed E-state index contributed by atoms with van der Waals surface area (Å²) in [6.45, 7) is 3.63. The van der Waals surface area contributed by atoms with Crippen molar-refractivity contribution in [3.8, 4) is 0 Å². The van der Waals surface area contributed by atoms with Crippen LogP contribution in [0.2, 0.25) is 0 Å². The molecule has 0 aromatic rings. The normalized spacial score (nSPS) is 19.3. The molecule has 0 saturated carbocycles. The zero-order valence-electron chi connectivity index (χ0n) is 5.78. The molecule has 0 aromatic heterocycles. The predicted octanol–water partition coefficient (Wildman–Crippen LogP) is 0.610. The van der Waals surface area contributed by atoms with E-state index in [2.05, 4.69) is 6.58 Å². The maximum absolute atomic E-state index is 3.63. The van der Waals surface area contributed by atoms with Crippen LogP contribution in [-0.2, 0) is 0 Å². The third-order valence-corrected chi connectivity index (χ3v) is 1.41. The topological polar surface area (TPSA) is 9.72 Å². The molecule has 3 heteroatoms. The molecule has 0 amide bonds. The molecule has 0 bridgehead atoms. The van der Waals surface area contributed by atoms with Gasteiger partial charge in [-0.3, -0.25) is 10.0 Å². The van der Waals surface area contributed by atoms with E-state index < -0.39 is 0 Å². The molecule has 9 heavy (non-hydrogen) atoms. The molecular formula is C6H11N3. The van der Waals surface area contributed by atoms with Gasteiger partial charge < -0.3 is 0 Å². The molecule has 0 saturated heterocycles. The molecule has 1 heterocycles. The van der Waals surface area contributed by atoms with Crippen LogP contribution < -0.4 is 0 Å². The lowest BCUT2D eigenvalue weighted by molar-refractivity contribution is -0.0376. The monoisotopic (exact) mass is 125 g/mol. The minimum atomic E-state index is 1.75. The van der Waals surface area contributed by atoms with Gasteiger partial charge in [-0.25, -0.2) is 0 Å². The minimum absolute atomic E-state index is 1.75. The van der Waals surface area contributed by atoms with Gasteiger partial charge >= 0.3 is 0 Å². The number of hydrogen-bond acceptors (Lipinski definition) is 3. The van der Waals surface area contributed by atoms with Gasteiger partial charge in [-0.15, -0.1) is 5.12 Å². The summed E-state index contributed by atoms with van der Waals surface area (Å²) in [5.74, 6) is 0. The van der Waals surface area contributed by atoms with Gasteiger partial charge in [-0.05, 0) is 0 Å². The van der Waals surface area contributed by atoms with Crippen LogP contribution in [0.3, 0.4) is 0 Å². The quantitative estimate of drug-likeness (QED) is 0.508. The van der Waals surface area contributed by atoms with E-state index in [4.69, 9.17) is 0 Å². The average Bonchev–Trinajstić information content (AvgIpc) is 2.15. The predicted molar refractivity (Wildman–Crippen MR) is 36.7 cm³/mol. The van der Waals surface area contributed by atoms with Gasteiger partial charge in [0.05, 0.1) is 0 Å². The van der Waals surface area contributed by atoms with E-state index in [9.17, 15) is 0 Å². The fraction of sp³-hybridized carbons (Fsp3) is 0.333. The first kappa shape index (κ1) is 6.16. The highest BCUT2D eigenvalue weighted by atomic mass is 15.9. The lowest BCUT2D eigenvalue weighted by Gasteiger charge is -2.26. The number of hydrazine groups is 2. The van der Waals surface area contributed by atoms with Crippen LogP contribution in [0.15, 0.2) is 25.2 Å². The maximum atomic E-state index is 3.63. The first-order valence-electron chi connectivity index (χ1n) is 2.81. The summed E-state index contributed by atoms with van der Waals surface area (Å²) in [5.41, 5.74) is 0. The highest BCUT2D eigenvalue weighted by Gasteiger charge is 2.11. The van der Waals surface area contributed by atoms with Crippen molar-refractivity contribution < 1.29 is 0 Å². The molecule has 0 atom stereocenters. The largest absolute Gasteiger partial charge is 0.297 e. The summed E-state index contributed by atoms with van der Waals surface area (Å²) < 4.78 is 0. The van der Waals surface area contributed by atoms with Gasteiger partial charge in [0.2, 0.25) is 0 Å². The van der Waals surface area contributed by atoms with E-state index in [-0.39, 0.29) is 0 Å². The van der Waals surface area contributed by atoms with Crippen molar-refractivity contribution in [3.05, 3.63) is 25.2 Å². The Labute approximate surface area is 55.4 Å². The van der Waals surface area contributed by atoms with Crippen LogP contribution in [0.25, 0.3) is 0 Å². The van der Waals surface area contributed by atoms with Crippen molar-refractivity contribution in [3.63, 3.8) is 0 Å².